The zero-order valence-corrected chi connectivity index (χ0v) is 12.9. The molecule has 5 nitrogen and oxygen atoms in total. The fourth-order valence-electron chi connectivity index (χ4n) is 2.49. The molecule has 1 aromatic carbocycles. The van der Waals surface area contributed by atoms with Crippen molar-refractivity contribution in [3.05, 3.63) is 41.0 Å². The summed E-state index contributed by atoms with van der Waals surface area (Å²) in [6.45, 7) is 5.49. The Morgan fingerprint density at radius 1 is 1.33 bits per heavy atom. The third-order valence-electron chi connectivity index (χ3n) is 3.80. The maximum absolute atomic E-state index is 5.48. The normalized spacial score (nSPS) is 14.4. The lowest BCUT2D eigenvalue weighted by atomic mass is 10.1. The van der Waals surface area contributed by atoms with Gasteiger partial charge in [-0.3, -0.25) is 0 Å². The van der Waals surface area contributed by atoms with E-state index in [9.17, 15) is 0 Å². The minimum absolute atomic E-state index is 0.688. The summed E-state index contributed by atoms with van der Waals surface area (Å²) in [5.74, 6) is 2.63. The molecular formula is C16H22N4O. The van der Waals surface area contributed by atoms with Gasteiger partial charge in [0.05, 0.1) is 13.7 Å². The van der Waals surface area contributed by atoms with Crippen LogP contribution < -0.4 is 10.1 Å². The molecule has 0 aliphatic heterocycles. The highest BCUT2D eigenvalue weighted by Gasteiger charge is 2.20. The van der Waals surface area contributed by atoms with E-state index in [-0.39, 0.29) is 0 Å². The van der Waals surface area contributed by atoms with Crippen LogP contribution in [-0.4, -0.2) is 27.9 Å². The molecule has 5 heteroatoms. The van der Waals surface area contributed by atoms with E-state index in [2.05, 4.69) is 27.5 Å². The van der Waals surface area contributed by atoms with Crippen LogP contribution in [0.3, 0.4) is 0 Å². The quantitative estimate of drug-likeness (QED) is 0.884. The highest BCUT2D eigenvalue weighted by atomic mass is 16.5. The van der Waals surface area contributed by atoms with Gasteiger partial charge in [-0.15, -0.1) is 0 Å². The van der Waals surface area contributed by atoms with Crippen LogP contribution in [0.1, 0.15) is 35.6 Å². The molecule has 0 amide bonds. The first-order valence-electron chi connectivity index (χ1n) is 7.43. The van der Waals surface area contributed by atoms with E-state index >= 15 is 0 Å². The Kier molecular flexibility index (Phi) is 3.92. The molecule has 3 rings (SSSR count). The van der Waals surface area contributed by atoms with Gasteiger partial charge >= 0.3 is 0 Å². The monoisotopic (exact) mass is 286 g/mol. The topological polar surface area (TPSA) is 52.0 Å². The van der Waals surface area contributed by atoms with Gasteiger partial charge in [0.2, 0.25) is 0 Å². The van der Waals surface area contributed by atoms with Gasteiger partial charge in [-0.05, 0) is 44.4 Å². The number of benzene rings is 1. The molecule has 0 atom stereocenters. The van der Waals surface area contributed by atoms with Crippen LogP contribution in [0.25, 0.3) is 0 Å². The Balaban J connectivity index is 1.80. The molecule has 0 unspecified atom stereocenters. The minimum atomic E-state index is 0.688. The van der Waals surface area contributed by atoms with E-state index in [0.717, 1.165) is 35.5 Å². The van der Waals surface area contributed by atoms with Crippen LogP contribution in [0.15, 0.2) is 18.2 Å². The lowest BCUT2D eigenvalue weighted by molar-refractivity contribution is 0.406. The Bertz CT molecular complexity index is 631. The summed E-state index contributed by atoms with van der Waals surface area (Å²) in [7, 11) is 1.71. The molecule has 0 radical (unpaired) electrons. The molecule has 21 heavy (non-hydrogen) atoms. The van der Waals surface area contributed by atoms with E-state index in [1.165, 1.54) is 18.4 Å². The number of hydrogen-bond donors (Lipinski definition) is 1. The van der Waals surface area contributed by atoms with Gasteiger partial charge in [-0.2, -0.15) is 5.10 Å². The number of nitrogens with zero attached hydrogens (tertiary/aromatic N) is 3. The van der Waals surface area contributed by atoms with E-state index < -0.39 is 0 Å². The van der Waals surface area contributed by atoms with Gasteiger partial charge in [0.25, 0.3) is 0 Å². The average Bonchev–Trinajstić information content (AvgIpc) is 3.23. The first kappa shape index (κ1) is 14.1. The number of rotatable bonds is 6. The third kappa shape index (κ3) is 3.42. The molecular weight excluding hydrogens is 264 g/mol. The second-order valence-corrected chi connectivity index (χ2v) is 5.67. The van der Waals surface area contributed by atoms with Gasteiger partial charge in [0, 0.05) is 18.2 Å². The fourth-order valence-corrected chi connectivity index (χ4v) is 2.49. The van der Waals surface area contributed by atoms with E-state index in [0.29, 0.717) is 6.54 Å². The molecule has 1 aromatic heterocycles. The maximum atomic E-state index is 5.48. The Morgan fingerprint density at radius 3 is 2.76 bits per heavy atom. The van der Waals surface area contributed by atoms with E-state index in [1.807, 2.05) is 24.6 Å². The number of methoxy groups -OCH3 is 1. The SMILES string of the molecule is COc1ccc(CNC2CC2)cc1Cn1nc(C)nc1C. The van der Waals surface area contributed by atoms with Crippen molar-refractivity contribution in [2.24, 2.45) is 0 Å². The lowest BCUT2D eigenvalue weighted by Crippen LogP contribution is -2.15. The van der Waals surface area contributed by atoms with Crippen LogP contribution in [-0.2, 0) is 13.1 Å². The first-order chi connectivity index (χ1) is 10.2. The smallest absolute Gasteiger partial charge is 0.147 e. The molecule has 0 spiro atoms. The molecule has 1 aliphatic carbocycles. The van der Waals surface area contributed by atoms with Gasteiger partial charge < -0.3 is 10.1 Å². The van der Waals surface area contributed by atoms with Crippen LogP contribution >= 0.6 is 0 Å². The maximum Gasteiger partial charge on any atom is 0.147 e. The molecule has 1 aliphatic rings. The average molecular weight is 286 g/mol. The summed E-state index contributed by atoms with van der Waals surface area (Å²) in [5, 5.41) is 7.97. The Labute approximate surface area is 125 Å². The number of ether oxygens (including phenoxy) is 1. The van der Waals surface area contributed by atoms with Crippen molar-refractivity contribution in [1.82, 2.24) is 20.1 Å². The molecule has 1 fully saturated rings. The van der Waals surface area contributed by atoms with Crippen molar-refractivity contribution < 1.29 is 4.74 Å². The Hall–Kier alpha value is -1.88. The highest BCUT2D eigenvalue weighted by molar-refractivity contribution is 5.37. The van der Waals surface area contributed by atoms with Crippen molar-refractivity contribution in [3.63, 3.8) is 0 Å². The van der Waals surface area contributed by atoms with Crippen molar-refractivity contribution in [2.75, 3.05) is 7.11 Å². The number of aromatic nitrogens is 3. The number of nitrogens with one attached hydrogen (secondary N) is 1. The summed E-state index contributed by atoms with van der Waals surface area (Å²) in [6, 6.07) is 7.08. The summed E-state index contributed by atoms with van der Waals surface area (Å²) >= 11 is 0. The number of hydrogen-bond acceptors (Lipinski definition) is 4. The summed E-state index contributed by atoms with van der Waals surface area (Å²) in [4.78, 5) is 4.35. The molecule has 1 heterocycles. The van der Waals surface area contributed by atoms with Crippen LogP contribution in [0.5, 0.6) is 5.75 Å². The van der Waals surface area contributed by atoms with Crippen molar-refractivity contribution >= 4 is 0 Å². The van der Waals surface area contributed by atoms with Crippen molar-refractivity contribution in [3.8, 4) is 5.75 Å². The molecule has 0 saturated heterocycles. The van der Waals surface area contributed by atoms with Crippen molar-refractivity contribution in [1.29, 1.82) is 0 Å². The first-order valence-corrected chi connectivity index (χ1v) is 7.43. The van der Waals surface area contributed by atoms with Gasteiger partial charge in [0.1, 0.15) is 17.4 Å². The molecule has 2 aromatic rings. The standard InChI is InChI=1S/C16H22N4O/c1-11-18-12(2)20(19-11)10-14-8-13(4-7-16(14)21-3)9-17-15-5-6-15/h4,7-8,15,17H,5-6,9-10H2,1-3H3. The second kappa shape index (κ2) is 5.85. The second-order valence-electron chi connectivity index (χ2n) is 5.67. The lowest BCUT2D eigenvalue weighted by Gasteiger charge is -2.12. The summed E-state index contributed by atoms with van der Waals surface area (Å²) in [5.41, 5.74) is 2.42. The third-order valence-corrected chi connectivity index (χ3v) is 3.80. The van der Waals surface area contributed by atoms with Gasteiger partial charge in [0.15, 0.2) is 0 Å². The van der Waals surface area contributed by atoms with Crippen LogP contribution in [0.4, 0.5) is 0 Å². The van der Waals surface area contributed by atoms with E-state index in [1.54, 1.807) is 7.11 Å². The zero-order chi connectivity index (χ0) is 14.8. The number of aryl methyl sites for hydroxylation is 2. The Morgan fingerprint density at radius 2 is 2.14 bits per heavy atom. The zero-order valence-electron chi connectivity index (χ0n) is 12.9. The highest BCUT2D eigenvalue weighted by Crippen LogP contribution is 2.23. The van der Waals surface area contributed by atoms with Gasteiger partial charge in [-0.25, -0.2) is 9.67 Å². The summed E-state index contributed by atoms with van der Waals surface area (Å²) in [6.07, 6.45) is 2.61. The van der Waals surface area contributed by atoms with Gasteiger partial charge in [-0.1, -0.05) is 6.07 Å². The molecule has 1 saturated carbocycles. The predicted molar refractivity (Wildman–Crippen MR) is 81.5 cm³/mol. The predicted octanol–water partition coefficient (Wildman–Crippen LogP) is 2.20. The van der Waals surface area contributed by atoms with Crippen LogP contribution in [0, 0.1) is 13.8 Å². The van der Waals surface area contributed by atoms with E-state index in [4.69, 9.17) is 4.74 Å². The molecule has 0 bridgehead atoms. The molecule has 1 N–H and O–H groups in total. The van der Waals surface area contributed by atoms with Crippen LogP contribution in [0.2, 0.25) is 0 Å². The minimum Gasteiger partial charge on any atom is -0.496 e. The largest absolute Gasteiger partial charge is 0.496 e. The summed E-state index contributed by atoms with van der Waals surface area (Å²) < 4.78 is 7.40. The molecule has 112 valence electrons. The van der Waals surface area contributed by atoms with Crippen molar-refractivity contribution in [2.45, 2.75) is 45.8 Å². The fraction of sp³-hybridized carbons (Fsp3) is 0.500.